The molecule has 0 aromatic rings. The van der Waals surface area contributed by atoms with Crippen LogP contribution in [-0.2, 0) is 4.74 Å². The van der Waals surface area contributed by atoms with Gasteiger partial charge in [0.15, 0.2) is 0 Å². The molecule has 0 radical (unpaired) electrons. The minimum atomic E-state index is -0.736. The van der Waals surface area contributed by atoms with Crippen LogP contribution in [0.3, 0.4) is 0 Å². The Bertz CT molecular complexity index is 155. The van der Waals surface area contributed by atoms with E-state index >= 15 is 0 Å². The first-order chi connectivity index (χ1) is 6.11. The summed E-state index contributed by atoms with van der Waals surface area (Å²) in [6.45, 7) is 5.85. The van der Waals surface area contributed by atoms with E-state index in [0.29, 0.717) is 13.2 Å². The van der Waals surface area contributed by atoms with Gasteiger partial charge in [0.25, 0.3) is 0 Å². The number of hydrogen-bond donors (Lipinski definition) is 2. The molecule has 0 aromatic heterocycles. The summed E-state index contributed by atoms with van der Waals surface area (Å²) in [5.41, 5.74) is 4.90. The number of aliphatic hydroxyl groups is 1. The molecule has 0 saturated carbocycles. The summed E-state index contributed by atoms with van der Waals surface area (Å²) in [5.74, 6) is 0.412. The molecule has 2 unspecified atom stereocenters. The van der Waals surface area contributed by atoms with Crippen LogP contribution in [0.1, 0.15) is 26.7 Å². The molecule has 13 heavy (non-hydrogen) atoms. The quantitative estimate of drug-likeness (QED) is 0.686. The van der Waals surface area contributed by atoms with Crippen molar-refractivity contribution in [2.75, 3.05) is 19.8 Å². The predicted octanol–water partition coefficient (Wildman–Crippen LogP) is 0.759. The van der Waals surface area contributed by atoms with Crippen LogP contribution in [0.25, 0.3) is 0 Å². The van der Waals surface area contributed by atoms with Crippen molar-refractivity contribution < 1.29 is 9.84 Å². The summed E-state index contributed by atoms with van der Waals surface area (Å²) in [6, 6.07) is 0. The molecule has 3 nitrogen and oxygen atoms in total. The van der Waals surface area contributed by atoms with Crippen molar-refractivity contribution in [1.82, 2.24) is 0 Å². The molecule has 3 heteroatoms. The van der Waals surface area contributed by atoms with Gasteiger partial charge in [0.1, 0.15) is 0 Å². The Morgan fingerprint density at radius 1 is 1.62 bits per heavy atom. The average Bonchev–Trinajstić information content (AvgIpc) is 2.17. The molecule has 78 valence electrons. The van der Waals surface area contributed by atoms with Gasteiger partial charge in [-0.15, -0.1) is 0 Å². The van der Waals surface area contributed by atoms with E-state index in [2.05, 4.69) is 0 Å². The first kappa shape index (κ1) is 11.0. The third kappa shape index (κ3) is 2.22. The SMILES string of the molecule is CC(C)C(O)(CN)C1CCCOC1. The second-order valence-corrected chi connectivity index (χ2v) is 4.26. The molecule has 0 aromatic carbocycles. The lowest BCUT2D eigenvalue weighted by Gasteiger charge is -2.40. The van der Waals surface area contributed by atoms with Gasteiger partial charge in [-0.05, 0) is 18.8 Å². The molecule has 1 aliphatic rings. The van der Waals surface area contributed by atoms with Crippen molar-refractivity contribution >= 4 is 0 Å². The summed E-state index contributed by atoms with van der Waals surface area (Å²) in [6.07, 6.45) is 2.07. The van der Waals surface area contributed by atoms with Crippen LogP contribution < -0.4 is 5.73 Å². The molecule has 3 N–H and O–H groups in total. The Morgan fingerprint density at radius 2 is 2.31 bits per heavy atom. The third-order valence-corrected chi connectivity index (χ3v) is 3.19. The second kappa shape index (κ2) is 4.40. The zero-order valence-electron chi connectivity index (χ0n) is 8.62. The zero-order chi connectivity index (χ0) is 9.90. The lowest BCUT2D eigenvalue weighted by atomic mass is 9.76. The fourth-order valence-corrected chi connectivity index (χ4v) is 2.01. The second-order valence-electron chi connectivity index (χ2n) is 4.26. The molecule has 1 saturated heterocycles. The van der Waals surface area contributed by atoms with Crippen LogP contribution in [0, 0.1) is 11.8 Å². The van der Waals surface area contributed by atoms with Crippen LogP contribution in [0.15, 0.2) is 0 Å². The molecule has 0 spiro atoms. The Hall–Kier alpha value is -0.120. The molecule has 1 aliphatic heterocycles. The highest BCUT2D eigenvalue weighted by atomic mass is 16.5. The number of ether oxygens (including phenoxy) is 1. The maximum Gasteiger partial charge on any atom is 0.0842 e. The molecular formula is C10H21NO2. The molecule has 1 fully saturated rings. The maximum atomic E-state index is 10.3. The normalized spacial score (nSPS) is 28.8. The minimum absolute atomic E-state index is 0.198. The van der Waals surface area contributed by atoms with Crippen molar-refractivity contribution in [3.8, 4) is 0 Å². The van der Waals surface area contributed by atoms with E-state index in [1.54, 1.807) is 0 Å². The molecule has 0 aliphatic carbocycles. The fourth-order valence-electron chi connectivity index (χ4n) is 2.01. The van der Waals surface area contributed by atoms with Gasteiger partial charge in [0.05, 0.1) is 12.2 Å². The van der Waals surface area contributed by atoms with Gasteiger partial charge in [-0.25, -0.2) is 0 Å². The van der Waals surface area contributed by atoms with Crippen LogP contribution in [0.4, 0.5) is 0 Å². The van der Waals surface area contributed by atoms with Crippen LogP contribution in [0.5, 0.6) is 0 Å². The smallest absolute Gasteiger partial charge is 0.0842 e. The monoisotopic (exact) mass is 187 g/mol. The van der Waals surface area contributed by atoms with Crippen molar-refractivity contribution in [3.05, 3.63) is 0 Å². The predicted molar refractivity (Wildman–Crippen MR) is 52.4 cm³/mol. The number of hydrogen-bond acceptors (Lipinski definition) is 3. The van der Waals surface area contributed by atoms with Gasteiger partial charge in [0, 0.05) is 19.1 Å². The molecule has 2 atom stereocenters. The lowest BCUT2D eigenvalue weighted by Crippen LogP contribution is -2.52. The number of nitrogens with two attached hydrogens (primary N) is 1. The highest BCUT2D eigenvalue weighted by molar-refractivity contribution is 4.91. The third-order valence-electron chi connectivity index (χ3n) is 3.19. The fraction of sp³-hybridized carbons (Fsp3) is 1.00. The summed E-state index contributed by atoms with van der Waals surface area (Å²) >= 11 is 0. The summed E-state index contributed by atoms with van der Waals surface area (Å²) in [5, 5.41) is 10.3. The summed E-state index contributed by atoms with van der Waals surface area (Å²) < 4.78 is 5.36. The lowest BCUT2D eigenvalue weighted by molar-refractivity contribution is -0.0995. The Balaban J connectivity index is 2.62. The van der Waals surface area contributed by atoms with Gasteiger partial charge >= 0.3 is 0 Å². The Morgan fingerprint density at radius 3 is 2.69 bits per heavy atom. The van der Waals surface area contributed by atoms with Gasteiger partial charge in [-0.3, -0.25) is 0 Å². The number of rotatable bonds is 3. The first-order valence-electron chi connectivity index (χ1n) is 5.11. The van der Waals surface area contributed by atoms with E-state index in [4.69, 9.17) is 10.5 Å². The minimum Gasteiger partial charge on any atom is -0.388 e. The van der Waals surface area contributed by atoms with E-state index in [0.717, 1.165) is 19.4 Å². The van der Waals surface area contributed by atoms with Crippen molar-refractivity contribution in [3.63, 3.8) is 0 Å². The van der Waals surface area contributed by atoms with E-state index in [-0.39, 0.29) is 11.8 Å². The van der Waals surface area contributed by atoms with Gasteiger partial charge in [-0.2, -0.15) is 0 Å². The topological polar surface area (TPSA) is 55.5 Å². The van der Waals surface area contributed by atoms with Crippen molar-refractivity contribution in [1.29, 1.82) is 0 Å². The van der Waals surface area contributed by atoms with Gasteiger partial charge in [0.2, 0.25) is 0 Å². The largest absolute Gasteiger partial charge is 0.388 e. The van der Waals surface area contributed by atoms with E-state index < -0.39 is 5.60 Å². The molecule has 0 bridgehead atoms. The van der Waals surface area contributed by atoms with E-state index in [9.17, 15) is 5.11 Å². The standard InChI is InChI=1S/C10H21NO2/c1-8(2)10(12,7-11)9-4-3-5-13-6-9/h8-9,12H,3-7,11H2,1-2H3. The summed E-state index contributed by atoms with van der Waals surface area (Å²) in [7, 11) is 0. The Kier molecular flexibility index (Phi) is 3.71. The van der Waals surface area contributed by atoms with Crippen LogP contribution in [0.2, 0.25) is 0 Å². The zero-order valence-corrected chi connectivity index (χ0v) is 8.62. The highest BCUT2D eigenvalue weighted by Crippen LogP contribution is 2.31. The average molecular weight is 187 g/mol. The first-order valence-corrected chi connectivity index (χ1v) is 5.11. The maximum absolute atomic E-state index is 10.3. The highest BCUT2D eigenvalue weighted by Gasteiger charge is 2.39. The Labute approximate surface area is 80.3 Å². The van der Waals surface area contributed by atoms with Crippen molar-refractivity contribution in [2.24, 2.45) is 17.6 Å². The van der Waals surface area contributed by atoms with Crippen LogP contribution in [-0.4, -0.2) is 30.5 Å². The molecule has 1 rings (SSSR count). The van der Waals surface area contributed by atoms with Gasteiger partial charge in [-0.1, -0.05) is 13.8 Å². The molecule has 0 amide bonds. The van der Waals surface area contributed by atoms with E-state index in [1.807, 2.05) is 13.8 Å². The molecule has 1 heterocycles. The molecular weight excluding hydrogens is 166 g/mol. The van der Waals surface area contributed by atoms with E-state index in [1.165, 1.54) is 0 Å². The van der Waals surface area contributed by atoms with Crippen LogP contribution >= 0.6 is 0 Å². The van der Waals surface area contributed by atoms with Gasteiger partial charge < -0.3 is 15.6 Å². The summed E-state index contributed by atoms with van der Waals surface area (Å²) in [4.78, 5) is 0. The van der Waals surface area contributed by atoms with Crippen molar-refractivity contribution in [2.45, 2.75) is 32.3 Å².